The van der Waals surface area contributed by atoms with Crippen molar-refractivity contribution in [3.63, 3.8) is 0 Å². The first kappa shape index (κ1) is 20.1. The van der Waals surface area contributed by atoms with Crippen molar-refractivity contribution in [2.45, 2.75) is 58.8 Å². The minimum absolute atomic E-state index is 0. The first-order valence-corrected chi connectivity index (χ1v) is 8.84. The third-order valence-electron chi connectivity index (χ3n) is 2.29. The molecular formula is C13H29NO6S. The van der Waals surface area contributed by atoms with Crippen molar-refractivity contribution in [2.24, 2.45) is 0 Å². The summed E-state index contributed by atoms with van der Waals surface area (Å²) in [5.74, 6) is 0. The Kier molecular flexibility index (Phi) is 8.20. The van der Waals surface area contributed by atoms with Crippen molar-refractivity contribution in [3.05, 3.63) is 0 Å². The van der Waals surface area contributed by atoms with Crippen LogP contribution in [0.5, 0.6) is 0 Å². The van der Waals surface area contributed by atoms with Gasteiger partial charge in [-0.25, -0.2) is 4.79 Å². The summed E-state index contributed by atoms with van der Waals surface area (Å²) in [6.45, 7) is 9.82. The van der Waals surface area contributed by atoms with Gasteiger partial charge in [-0.2, -0.15) is 8.42 Å². The Morgan fingerprint density at radius 2 is 1.90 bits per heavy atom. The Hall–Kier alpha value is -0.860. The molecule has 0 spiro atoms. The second-order valence-corrected chi connectivity index (χ2v) is 7.06. The normalized spacial score (nSPS) is 22.8. The molecular weight excluding hydrogens is 298 g/mol. The molecule has 0 aliphatic carbocycles. The van der Waals surface area contributed by atoms with Gasteiger partial charge in [0, 0.05) is 14.5 Å². The lowest BCUT2D eigenvalue weighted by Crippen LogP contribution is -2.52. The SMILES string of the molecule is CC.CC(C)(C)OC(=O)N[C@H]1COCC[C@@H]1OS(C)(=O)=O.[HH]. The van der Waals surface area contributed by atoms with Gasteiger partial charge >= 0.3 is 6.09 Å². The number of alkyl carbamates (subject to hydrolysis) is 1. The first-order valence-electron chi connectivity index (χ1n) is 7.02. The Balaban J connectivity index is 0. The number of nitrogens with one attached hydrogen (secondary N) is 1. The molecule has 21 heavy (non-hydrogen) atoms. The zero-order chi connectivity index (χ0) is 16.7. The summed E-state index contributed by atoms with van der Waals surface area (Å²) in [6, 6.07) is -0.543. The van der Waals surface area contributed by atoms with E-state index in [-0.39, 0.29) is 8.03 Å². The molecule has 1 aliphatic heterocycles. The number of rotatable bonds is 3. The van der Waals surface area contributed by atoms with Gasteiger partial charge in [-0.1, -0.05) is 13.8 Å². The van der Waals surface area contributed by atoms with Gasteiger partial charge in [0.1, 0.15) is 11.7 Å². The largest absolute Gasteiger partial charge is 0.444 e. The van der Waals surface area contributed by atoms with Crippen molar-refractivity contribution in [1.82, 2.24) is 5.32 Å². The Morgan fingerprint density at radius 3 is 2.38 bits per heavy atom. The molecule has 1 fully saturated rings. The zero-order valence-corrected chi connectivity index (χ0v) is 14.5. The van der Waals surface area contributed by atoms with Gasteiger partial charge in [0.05, 0.1) is 18.9 Å². The summed E-state index contributed by atoms with van der Waals surface area (Å²) in [7, 11) is -3.58. The van der Waals surface area contributed by atoms with Crippen LogP contribution in [-0.4, -0.2) is 51.7 Å². The van der Waals surface area contributed by atoms with E-state index < -0.39 is 34.0 Å². The van der Waals surface area contributed by atoms with Crippen LogP contribution in [0.25, 0.3) is 0 Å². The Bertz CT molecular complexity index is 421. The fourth-order valence-electron chi connectivity index (χ4n) is 1.65. The van der Waals surface area contributed by atoms with Crippen LogP contribution in [-0.2, 0) is 23.8 Å². The summed E-state index contributed by atoms with van der Waals surface area (Å²) in [4.78, 5) is 11.6. The Labute approximate surface area is 128 Å². The molecule has 0 aromatic carbocycles. The molecule has 7 nitrogen and oxygen atoms in total. The summed E-state index contributed by atoms with van der Waals surface area (Å²) < 4.78 is 37.6. The zero-order valence-electron chi connectivity index (χ0n) is 13.6. The highest BCUT2D eigenvalue weighted by atomic mass is 32.2. The van der Waals surface area contributed by atoms with Gasteiger partial charge in [0.2, 0.25) is 0 Å². The molecule has 1 heterocycles. The monoisotopic (exact) mass is 327 g/mol. The van der Waals surface area contributed by atoms with E-state index in [0.29, 0.717) is 13.0 Å². The smallest absolute Gasteiger partial charge is 0.408 e. The van der Waals surface area contributed by atoms with E-state index >= 15 is 0 Å². The lowest BCUT2D eigenvalue weighted by Gasteiger charge is -2.31. The van der Waals surface area contributed by atoms with Gasteiger partial charge in [0.15, 0.2) is 0 Å². The molecule has 8 heteroatoms. The van der Waals surface area contributed by atoms with Crippen LogP contribution >= 0.6 is 0 Å². The predicted molar refractivity (Wildman–Crippen MR) is 81.8 cm³/mol. The molecule has 1 N–H and O–H groups in total. The third kappa shape index (κ3) is 9.65. The van der Waals surface area contributed by atoms with Crippen LogP contribution in [0.4, 0.5) is 4.79 Å². The van der Waals surface area contributed by atoms with Crippen molar-refractivity contribution in [1.29, 1.82) is 0 Å². The molecule has 0 aromatic heterocycles. The number of carbonyl (C=O) groups is 1. The molecule has 2 atom stereocenters. The predicted octanol–water partition coefficient (Wildman–Crippen LogP) is 1.92. The van der Waals surface area contributed by atoms with E-state index in [1.54, 1.807) is 20.8 Å². The van der Waals surface area contributed by atoms with Crippen LogP contribution < -0.4 is 5.32 Å². The van der Waals surface area contributed by atoms with E-state index in [4.69, 9.17) is 13.7 Å². The third-order valence-corrected chi connectivity index (χ3v) is 2.89. The second kappa shape index (κ2) is 8.55. The van der Waals surface area contributed by atoms with Gasteiger partial charge in [0.25, 0.3) is 10.1 Å². The lowest BCUT2D eigenvalue weighted by atomic mass is 10.1. The van der Waals surface area contributed by atoms with Crippen LogP contribution in [0.3, 0.4) is 0 Å². The van der Waals surface area contributed by atoms with E-state index in [1.807, 2.05) is 13.8 Å². The summed E-state index contributed by atoms with van der Waals surface area (Å²) in [5, 5.41) is 2.57. The molecule has 0 radical (unpaired) electrons. The van der Waals surface area contributed by atoms with E-state index in [9.17, 15) is 13.2 Å². The molecule has 0 bridgehead atoms. The average Bonchev–Trinajstić information content (AvgIpc) is 2.30. The lowest BCUT2D eigenvalue weighted by molar-refractivity contribution is -0.00894. The van der Waals surface area contributed by atoms with Crippen molar-refractivity contribution >= 4 is 16.2 Å². The van der Waals surface area contributed by atoms with Crippen molar-refractivity contribution in [2.75, 3.05) is 19.5 Å². The fraction of sp³-hybridized carbons (Fsp3) is 0.923. The molecule has 0 unspecified atom stereocenters. The van der Waals surface area contributed by atoms with E-state index in [2.05, 4.69) is 5.32 Å². The molecule has 1 rings (SSSR count). The fourth-order valence-corrected chi connectivity index (χ4v) is 2.33. The first-order chi connectivity index (χ1) is 9.57. The van der Waals surface area contributed by atoms with Gasteiger partial charge < -0.3 is 14.8 Å². The standard InChI is InChI=1S/C11H21NO6S.C2H6.H2/c1-11(2,3)17-10(13)12-8-7-16-6-5-9(8)18-19(4,14)15;1-2;/h8-9H,5-7H2,1-4H3,(H,12,13);1-2H3;1H/t8-,9-;;/m0../s1. The minimum atomic E-state index is -3.58. The average molecular weight is 327 g/mol. The second-order valence-electron chi connectivity index (χ2n) is 5.46. The molecule has 1 aliphatic rings. The van der Waals surface area contributed by atoms with Crippen LogP contribution in [0, 0.1) is 0 Å². The number of ether oxygens (including phenoxy) is 2. The quantitative estimate of drug-likeness (QED) is 0.796. The molecule has 0 aromatic rings. The topological polar surface area (TPSA) is 90.9 Å². The highest BCUT2D eigenvalue weighted by molar-refractivity contribution is 7.86. The van der Waals surface area contributed by atoms with Crippen LogP contribution in [0.15, 0.2) is 0 Å². The maximum absolute atomic E-state index is 11.6. The molecule has 1 saturated heterocycles. The maximum atomic E-state index is 11.6. The minimum Gasteiger partial charge on any atom is -0.444 e. The maximum Gasteiger partial charge on any atom is 0.408 e. The molecule has 1 amide bonds. The molecule has 0 saturated carbocycles. The van der Waals surface area contributed by atoms with Gasteiger partial charge in [-0.3, -0.25) is 4.18 Å². The van der Waals surface area contributed by atoms with Crippen LogP contribution in [0.2, 0.25) is 0 Å². The number of hydrogen-bond acceptors (Lipinski definition) is 6. The van der Waals surface area contributed by atoms with Crippen LogP contribution in [0.1, 0.15) is 42.5 Å². The van der Waals surface area contributed by atoms with Crippen molar-refractivity contribution in [3.8, 4) is 0 Å². The number of amides is 1. The van der Waals surface area contributed by atoms with Gasteiger partial charge in [-0.15, -0.1) is 0 Å². The summed E-state index contributed by atoms with van der Waals surface area (Å²) >= 11 is 0. The van der Waals surface area contributed by atoms with Gasteiger partial charge in [-0.05, 0) is 20.8 Å². The Morgan fingerprint density at radius 1 is 1.33 bits per heavy atom. The highest BCUT2D eigenvalue weighted by Gasteiger charge is 2.32. The van der Waals surface area contributed by atoms with E-state index in [0.717, 1.165) is 6.26 Å². The summed E-state index contributed by atoms with van der Waals surface area (Å²) in [6.07, 6.45) is 0.127. The van der Waals surface area contributed by atoms with Crippen molar-refractivity contribution < 1.29 is 28.3 Å². The number of hydrogen-bond donors (Lipinski definition) is 1. The number of carbonyl (C=O) groups excluding carboxylic acids is 1. The van der Waals surface area contributed by atoms with E-state index in [1.165, 1.54) is 0 Å². The highest BCUT2D eigenvalue weighted by Crippen LogP contribution is 2.15. The summed E-state index contributed by atoms with van der Waals surface area (Å²) in [5.41, 5.74) is -0.618. The molecule has 128 valence electrons.